The zero-order valence-corrected chi connectivity index (χ0v) is 15.3. The standard InChI is InChI=1S/C14H17BrClN3OS/c1-8-7-10(12(15)9(2)13(8)16)20-6-4-5-11-17-18-14(21)19(11)3/h7H,4-6H2,1-3H3,(H,18,21). The number of hydrogen-bond donors (Lipinski definition) is 1. The molecule has 1 aromatic carbocycles. The molecule has 1 N–H and O–H groups in total. The average molecular weight is 391 g/mol. The number of hydrogen-bond acceptors (Lipinski definition) is 3. The van der Waals surface area contributed by atoms with Crippen molar-refractivity contribution in [1.82, 2.24) is 14.8 Å². The quantitative estimate of drug-likeness (QED) is 0.603. The van der Waals surface area contributed by atoms with Crippen molar-refractivity contribution in [3.63, 3.8) is 0 Å². The third kappa shape index (κ3) is 3.67. The molecular formula is C14H17BrClN3OS. The van der Waals surface area contributed by atoms with Crippen LogP contribution in [0.2, 0.25) is 5.02 Å². The monoisotopic (exact) mass is 389 g/mol. The maximum Gasteiger partial charge on any atom is 0.194 e. The molecule has 2 aromatic rings. The van der Waals surface area contributed by atoms with Crippen molar-refractivity contribution in [2.75, 3.05) is 6.61 Å². The predicted molar refractivity (Wildman–Crippen MR) is 90.8 cm³/mol. The van der Waals surface area contributed by atoms with Crippen molar-refractivity contribution >= 4 is 39.7 Å². The lowest BCUT2D eigenvalue weighted by atomic mass is 10.1. The Balaban J connectivity index is 1.95. The molecule has 21 heavy (non-hydrogen) atoms. The fraction of sp³-hybridized carbons (Fsp3) is 0.429. The Bertz CT molecular complexity index is 711. The highest BCUT2D eigenvalue weighted by Crippen LogP contribution is 2.35. The van der Waals surface area contributed by atoms with Gasteiger partial charge in [-0.3, -0.25) is 5.10 Å². The molecule has 0 unspecified atom stereocenters. The highest BCUT2D eigenvalue weighted by atomic mass is 79.9. The Kier molecular flexibility index (Phi) is 5.46. The molecule has 0 saturated heterocycles. The summed E-state index contributed by atoms with van der Waals surface area (Å²) in [7, 11) is 1.91. The Morgan fingerprint density at radius 2 is 2.19 bits per heavy atom. The van der Waals surface area contributed by atoms with E-state index in [1.165, 1.54) is 0 Å². The van der Waals surface area contributed by atoms with Gasteiger partial charge in [-0.15, -0.1) is 0 Å². The van der Waals surface area contributed by atoms with Crippen LogP contribution in [0.3, 0.4) is 0 Å². The summed E-state index contributed by atoms with van der Waals surface area (Å²) in [5.41, 5.74) is 2.02. The van der Waals surface area contributed by atoms with Crippen molar-refractivity contribution in [2.45, 2.75) is 26.7 Å². The van der Waals surface area contributed by atoms with Gasteiger partial charge in [-0.1, -0.05) is 11.6 Å². The van der Waals surface area contributed by atoms with E-state index in [2.05, 4.69) is 26.1 Å². The van der Waals surface area contributed by atoms with E-state index in [-0.39, 0.29) is 0 Å². The number of aromatic amines is 1. The van der Waals surface area contributed by atoms with Gasteiger partial charge < -0.3 is 9.30 Å². The molecule has 0 spiro atoms. The van der Waals surface area contributed by atoms with Crippen LogP contribution in [0.4, 0.5) is 0 Å². The van der Waals surface area contributed by atoms with Crippen LogP contribution in [0.5, 0.6) is 5.75 Å². The number of H-pyrrole nitrogens is 1. The number of aryl methyl sites for hydroxylation is 2. The Labute approximate surface area is 142 Å². The smallest absolute Gasteiger partial charge is 0.194 e. The van der Waals surface area contributed by atoms with Gasteiger partial charge in [-0.25, -0.2) is 0 Å². The molecule has 1 heterocycles. The van der Waals surface area contributed by atoms with Gasteiger partial charge in [-0.2, -0.15) is 5.10 Å². The molecule has 0 fully saturated rings. The molecular weight excluding hydrogens is 374 g/mol. The molecule has 0 radical (unpaired) electrons. The van der Waals surface area contributed by atoms with Gasteiger partial charge in [0.2, 0.25) is 0 Å². The Hall–Kier alpha value is -0.850. The summed E-state index contributed by atoms with van der Waals surface area (Å²) in [6.07, 6.45) is 1.67. The molecule has 0 amide bonds. The minimum atomic E-state index is 0.610. The zero-order valence-electron chi connectivity index (χ0n) is 12.2. The van der Waals surface area contributed by atoms with E-state index in [1.807, 2.05) is 31.5 Å². The first kappa shape index (κ1) is 16.5. The Morgan fingerprint density at radius 3 is 2.81 bits per heavy atom. The average Bonchev–Trinajstić information content (AvgIpc) is 2.78. The third-order valence-electron chi connectivity index (χ3n) is 3.34. The van der Waals surface area contributed by atoms with Crippen LogP contribution in [0.15, 0.2) is 10.5 Å². The second-order valence-corrected chi connectivity index (χ2v) is 6.46. The lowest BCUT2D eigenvalue weighted by Gasteiger charge is -2.13. The Morgan fingerprint density at radius 1 is 1.48 bits per heavy atom. The third-order valence-corrected chi connectivity index (χ3v) is 5.28. The molecule has 0 aliphatic heterocycles. The van der Waals surface area contributed by atoms with Gasteiger partial charge in [-0.05, 0) is 65.6 Å². The summed E-state index contributed by atoms with van der Waals surface area (Å²) in [6, 6.07) is 1.95. The minimum Gasteiger partial charge on any atom is -0.492 e. The van der Waals surface area contributed by atoms with Crippen LogP contribution >= 0.6 is 39.7 Å². The van der Waals surface area contributed by atoms with Crippen LogP contribution in [-0.2, 0) is 13.5 Å². The van der Waals surface area contributed by atoms with Crippen LogP contribution < -0.4 is 4.74 Å². The molecule has 114 valence electrons. The highest BCUT2D eigenvalue weighted by Gasteiger charge is 2.11. The van der Waals surface area contributed by atoms with E-state index in [9.17, 15) is 0 Å². The molecule has 0 aliphatic rings. The molecule has 0 bridgehead atoms. The summed E-state index contributed by atoms with van der Waals surface area (Å²) in [6.45, 7) is 4.56. The normalized spacial score (nSPS) is 10.9. The van der Waals surface area contributed by atoms with Crippen molar-refractivity contribution in [1.29, 1.82) is 0 Å². The van der Waals surface area contributed by atoms with Crippen molar-refractivity contribution < 1.29 is 4.74 Å². The zero-order chi connectivity index (χ0) is 15.6. The fourth-order valence-corrected chi connectivity index (χ4v) is 2.86. The molecule has 0 aliphatic carbocycles. The van der Waals surface area contributed by atoms with Crippen molar-refractivity contribution in [3.8, 4) is 5.75 Å². The first-order chi connectivity index (χ1) is 9.91. The van der Waals surface area contributed by atoms with Crippen LogP contribution in [-0.4, -0.2) is 21.4 Å². The number of nitrogens with zero attached hydrogens (tertiary/aromatic N) is 2. The summed E-state index contributed by atoms with van der Waals surface area (Å²) in [5.74, 6) is 1.76. The summed E-state index contributed by atoms with van der Waals surface area (Å²) in [5, 5.41) is 7.73. The molecule has 0 atom stereocenters. The van der Waals surface area contributed by atoms with E-state index in [4.69, 9.17) is 28.6 Å². The van der Waals surface area contributed by atoms with Gasteiger partial charge >= 0.3 is 0 Å². The van der Waals surface area contributed by atoms with Gasteiger partial charge in [0.25, 0.3) is 0 Å². The maximum atomic E-state index is 6.21. The summed E-state index contributed by atoms with van der Waals surface area (Å²) < 4.78 is 9.27. The number of aromatic nitrogens is 3. The predicted octanol–water partition coefficient (Wildman–Crippen LogP) is 4.52. The van der Waals surface area contributed by atoms with Crippen LogP contribution in [0.25, 0.3) is 0 Å². The topological polar surface area (TPSA) is 42.8 Å². The SMILES string of the molecule is Cc1cc(OCCCc2n[nH]c(=S)n2C)c(Br)c(C)c1Cl. The lowest BCUT2D eigenvalue weighted by Crippen LogP contribution is -2.04. The molecule has 2 rings (SSSR count). The van der Waals surface area contributed by atoms with Gasteiger partial charge in [0, 0.05) is 18.5 Å². The summed E-state index contributed by atoms with van der Waals surface area (Å²) >= 11 is 14.8. The van der Waals surface area contributed by atoms with Gasteiger partial charge in [0.1, 0.15) is 11.6 Å². The molecule has 0 saturated carbocycles. The van der Waals surface area contributed by atoms with E-state index in [1.54, 1.807) is 0 Å². The van der Waals surface area contributed by atoms with E-state index in [0.29, 0.717) is 11.4 Å². The van der Waals surface area contributed by atoms with E-state index in [0.717, 1.165) is 45.0 Å². The number of ether oxygens (including phenoxy) is 1. The van der Waals surface area contributed by atoms with Gasteiger partial charge in [0.05, 0.1) is 11.1 Å². The van der Waals surface area contributed by atoms with Crippen molar-refractivity contribution in [2.24, 2.45) is 7.05 Å². The highest BCUT2D eigenvalue weighted by molar-refractivity contribution is 9.10. The van der Waals surface area contributed by atoms with Crippen LogP contribution in [0.1, 0.15) is 23.4 Å². The number of benzene rings is 1. The van der Waals surface area contributed by atoms with Crippen LogP contribution in [0, 0.1) is 18.6 Å². The minimum absolute atomic E-state index is 0.610. The fourth-order valence-electron chi connectivity index (χ4n) is 2.02. The molecule has 4 nitrogen and oxygen atoms in total. The number of rotatable bonds is 5. The van der Waals surface area contributed by atoms with E-state index < -0.39 is 0 Å². The second kappa shape index (κ2) is 6.94. The maximum absolute atomic E-state index is 6.21. The summed E-state index contributed by atoms with van der Waals surface area (Å²) in [4.78, 5) is 0. The first-order valence-corrected chi connectivity index (χ1v) is 8.18. The first-order valence-electron chi connectivity index (χ1n) is 6.60. The van der Waals surface area contributed by atoms with Crippen molar-refractivity contribution in [3.05, 3.63) is 37.3 Å². The van der Waals surface area contributed by atoms with Gasteiger partial charge in [0.15, 0.2) is 4.77 Å². The lowest BCUT2D eigenvalue weighted by molar-refractivity contribution is 0.307. The molecule has 1 aromatic heterocycles. The molecule has 7 heteroatoms. The number of halogens is 2. The van der Waals surface area contributed by atoms with E-state index >= 15 is 0 Å². The number of nitrogens with one attached hydrogen (secondary N) is 1. The largest absolute Gasteiger partial charge is 0.492 e. The second-order valence-electron chi connectivity index (χ2n) is 4.90.